The fourth-order valence-electron chi connectivity index (χ4n) is 1.59. The van der Waals surface area contributed by atoms with Crippen LogP contribution in [0.25, 0.3) is 5.65 Å². The van der Waals surface area contributed by atoms with Crippen molar-refractivity contribution >= 4 is 17.4 Å². The summed E-state index contributed by atoms with van der Waals surface area (Å²) in [6.07, 6.45) is 1.49. The second-order valence-electron chi connectivity index (χ2n) is 3.82. The van der Waals surface area contributed by atoms with Gasteiger partial charge in [0.2, 0.25) is 0 Å². The van der Waals surface area contributed by atoms with E-state index in [1.165, 1.54) is 6.33 Å². The summed E-state index contributed by atoms with van der Waals surface area (Å²) in [5, 5.41) is 15.6. The first-order chi connectivity index (χ1) is 8.66. The second-order valence-corrected chi connectivity index (χ2v) is 3.82. The van der Waals surface area contributed by atoms with Gasteiger partial charge in [0.05, 0.1) is 6.61 Å². The van der Waals surface area contributed by atoms with Crippen molar-refractivity contribution < 1.29 is 14.6 Å². The number of aliphatic carboxylic acids is 1. The largest absolute Gasteiger partial charge is 0.480 e. The van der Waals surface area contributed by atoms with E-state index in [2.05, 4.69) is 15.4 Å². The first kappa shape index (κ1) is 12.3. The van der Waals surface area contributed by atoms with Crippen LogP contribution in [0, 0.1) is 6.92 Å². The van der Waals surface area contributed by atoms with Crippen molar-refractivity contribution in [2.75, 3.05) is 25.1 Å². The summed E-state index contributed by atoms with van der Waals surface area (Å²) in [5.74, 6) is -0.161. The summed E-state index contributed by atoms with van der Waals surface area (Å²) in [7, 11) is 0. The molecule has 0 amide bonds. The van der Waals surface area contributed by atoms with E-state index in [9.17, 15) is 4.79 Å². The molecule has 0 bridgehead atoms. The Morgan fingerprint density at radius 3 is 3.17 bits per heavy atom. The molecule has 0 aliphatic heterocycles. The van der Waals surface area contributed by atoms with Crippen molar-refractivity contribution in [2.45, 2.75) is 6.92 Å². The van der Waals surface area contributed by atoms with Crippen LogP contribution in [0.1, 0.15) is 5.56 Å². The number of aryl methyl sites for hydroxylation is 1. The van der Waals surface area contributed by atoms with Gasteiger partial charge >= 0.3 is 5.97 Å². The number of carbonyl (C=O) groups is 1. The number of nitrogens with one attached hydrogen (secondary N) is 1. The molecule has 0 aliphatic carbocycles. The molecule has 2 aromatic rings. The summed E-state index contributed by atoms with van der Waals surface area (Å²) in [6, 6.07) is 3.87. The van der Waals surface area contributed by atoms with Crippen molar-refractivity contribution in [3.8, 4) is 0 Å². The number of nitrogens with zero attached hydrogens (tertiary/aromatic N) is 3. The van der Waals surface area contributed by atoms with Crippen LogP contribution in [0.3, 0.4) is 0 Å². The normalized spacial score (nSPS) is 10.7. The van der Waals surface area contributed by atoms with Gasteiger partial charge in [0, 0.05) is 6.54 Å². The van der Waals surface area contributed by atoms with Gasteiger partial charge in [-0.15, -0.1) is 0 Å². The number of carboxylic acid groups (broad SMARTS) is 1. The highest BCUT2D eigenvalue weighted by molar-refractivity contribution is 5.68. The number of anilines is 1. The molecule has 2 aromatic heterocycles. The lowest BCUT2D eigenvalue weighted by Crippen LogP contribution is -2.15. The van der Waals surface area contributed by atoms with Crippen LogP contribution < -0.4 is 5.32 Å². The van der Waals surface area contributed by atoms with Gasteiger partial charge in [-0.2, -0.15) is 9.61 Å². The summed E-state index contributed by atoms with van der Waals surface area (Å²) < 4.78 is 6.62. The lowest BCUT2D eigenvalue weighted by atomic mass is 10.3. The van der Waals surface area contributed by atoms with Crippen LogP contribution in [0.2, 0.25) is 0 Å². The Morgan fingerprint density at radius 2 is 2.39 bits per heavy atom. The lowest BCUT2D eigenvalue weighted by molar-refractivity contribution is -0.142. The first-order valence-electron chi connectivity index (χ1n) is 5.50. The smallest absolute Gasteiger partial charge is 0.329 e. The average molecular weight is 250 g/mol. The Morgan fingerprint density at radius 1 is 1.56 bits per heavy atom. The number of hydrogen-bond donors (Lipinski definition) is 2. The van der Waals surface area contributed by atoms with E-state index in [-0.39, 0.29) is 6.61 Å². The Balaban J connectivity index is 1.94. The van der Waals surface area contributed by atoms with Gasteiger partial charge in [0.15, 0.2) is 5.65 Å². The average Bonchev–Trinajstić information content (AvgIpc) is 2.75. The van der Waals surface area contributed by atoms with E-state index in [4.69, 9.17) is 9.84 Å². The Hall–Kier alpha value is -2.15. The third-order valence-corrected chi connectivity index (χ3v) is 2.30. The first-order valence-corrected chi connectivity index (χ1v) is 5.50. The molecule has 2 N–H and O–H groups in total. The fourth-order valence-corrected chi connectivity index (χ4v) is 1.59. The van der Waals surface area contributed by atoms with Gasteiger partial charge in [-0.05, 0) is 24.6 Å². The fraction of sp³-hybridized carbons (Fsp3) is 0.364. The molecule has 0 atom stereocenters. The maximum atomic E-state index is 10.2. The van der Waals surface area contributed by atoms with E-state index in [0.717, 1.165) is 17.0 Å². The van der Waals surface area contributed by atoms with E-state index in [1.807, 2.05) is 19.1 Å². The van der Waals surface area contributed by atoms with E-state index in [1.54, 1.807) is 4.52 Å². The third kappa shape index (κ3) is 2.95. The molecule has 0 saturated carbocycles. The molecule has 0 radical (unpaired) electrons. The molecular weight excluding hydrogens is 236 g/mol. The van der Waals surface area contributed by atoms with E-state index in [0.29, 0.717) is 13.2 Å². The number of fused-ring (bicyclic) bond motifs is 1. The Bertz CT molecular complexity index is 552. The summed E-state index contributed by atoms with van der Waals surface area (Å²) in [4.78, 5) is 14.4. The third-order valence-electron chi connectivity index (χ3n) is 2.30. The number of carboxylic acids is 1. The Kier molecular flexibility index (Phi) is 3.73. The highest BCUT2D eigenvalue weighted by Gasteiger charge is 2.03. The summed E-state index contributed by atoms with van der Waals surface area (Å²) in [6.45, 7) is 2.51. The van der Waals surface area contributed by atoms with Gasteiger partial charge in [0.25, 0.3) is 0 Å². The number of aromatic nitrogens is 3. The maximum Gasteiger partial charge on any atom is 0.329 e. The zero-order valence-corrected chi connectivity index (χ0v) is 9.96. The maximum absolute atomic E-state index is 10.2. The lowest BCUT2D eigenvalue weighted by Gasteiger charge is -2.08. The zero-order valence-electron chi connectivity index (χ0n) is 9.96. The van der Waals surface area contributed by atoms with Gasteiger partial charge in [-0.1, -0.05) is 0 Å². The minimum atomic E-state index is -0.968. The number of rotatable bonds is 6. The van der Waals surface area contributed by atoms with E-state index < -0.39 is 5.97 Å². The van der Waals surface area contributed by atoms with Crippen molar-refractivity contribution in [1.82, 2.24) is 14.6 Å². The molecule has 0 aliphatic rings. The van der Waals surface area contributed by atoms with Gasteiger partial charge in [-0.3, -0.25) is 0 Å². The minimum absolute atomic E-state index is 0.283. The number of ether oxygens (including phenoxy) is 1. The molecular formula is C11H14N4O3. The van der Waals surface area contributed by atoms with Crippen molar-refractivity contribution in [2.24, 2.45) is 0 Å². The van der Waals surface area contributed by atoms with Gasteiger partial charge < -0.3 is 15.2 Å². The topological polar surface area (TPSA) is 88.8 Å². The van der Waals surface area contributed by atoms with Crippen molar-refractivity contribution in [1.29, 1.82) is 0 Å². The molecule has 0 saturated heterocycles. The number of hydrogen-bond acceptors (Lipinski definition) is 5. The highest BCUT2D eigenvalue weighted by Crippen LogP contribution is 2.12. The molecule has 0 spiro atoms. The quantitative estimate of drug-likeness (QED) is 0.728. The second kappa shape index (κ2) is 5.46. The monoisotopic (exact) mass is 250 g/mol. The van der Waals surface area contributed by atoms with Crippen LogP contribution in [0.4, 0.5) is 5.82 Å². The number of pyridine rings is 1. The van der Waals surface area contributed by atoms with Crippen LogP contribution >= 0.6 is 0 Å². The predicted molar refractivity (Wildman–Crippen MR) is 64.7 cm³/mol. The van der Waals surface area contributed by atoms with Crippen LogP contribution in [-0.4, -0.2) is 45.4 Å². The van der Waals surface area contributed by atoms with Crippen molar-refractivity contribution in [3.05, 3.63) is 24.0 Å². The van der Waals surface area contributed by atoms with Crippen LogP contribution in [0.5, 0.6) is 0 Å². The predicted octanol–water partition coefficient (Wildman–Crippen LogP) is 0.551. The standard InChI is InChI=1S/C11H14N4O3/c1-8-4-9(12-2-3-18-6-11(16)17)15-10(5-8)13-7-14-15/h4-5,7,12H,2-3,6H2,1H3,(H,16,17). The molecule has 2 heterocycles. The molecule has 7 nitrogen and oxygen atoms in total. The van der Waals surface area contributed by atoms with Crippen LogP contribution in [-0.2, 0) is 9.53 Å². The van der Waals surface area contributed by atoms with Gasteiger partial charge in [-0.25, -0.2) is 9.78 Å². The zero-order chi connectivity index (χ0) is 13.0. The molecule has 2 rings (SSSR count). The van der Waals surface area contributed by atoms with E-state index >= 15 is 0 Å². The molecule has 0 unspecified atom stereocenters. The molecule has 18 heavy (non-hydrogen) atoms. The van der Waals surface area contributed by atoms with Crippen LogP contribution in [0.15, 0.2) is 18.5 Å². The summed E-state index contributed by atoms with van der Waals surface area (Å²) >= 11 is 0. The molecule has 96 valence electrons. The minimum Gasteiger partial charge on any atom is -0.480 e. The highest BCUT2D eigenvalue weighted by atomic mass is 16.5. The van der Waals surface area contributed by atoms with Crippen molar-refractivity contribution in [3.63, 3.8) is 0 Å². The molecule has 7 heteroatoms. The SMILES string of the molecule is Cc1cc(NCCOCC(=O)O)n2ncnc2c1. The summed E-state index contributed by atoms with van der Waals surface area (Å²) in [5.41, 5.74) is 1.84. The van der Waals surface area contributed by atoms with Gasteiger partial charge in [0.1, 0.15) is 18.8 Å². The Labute approximate surface area is 103 Å². The molecule has 0 fully saturated rings. The molecule has 0 aromatic carbocycles.